The molecular weight excluding hydrogens is 580 g/mol. The summed E-state index contributed by atoms with van der Waals surface area (Å²) < 4.78 is 7.00. The zero-order valence-electron chi connectivity index (χ0n) is 20.7. The molecule has 0 bridgehead atoms. The van der Waals surface area contributed by atoms with Crippen LogP contribution in [0.2, 0.25) is 0 Å². The highest BCUT2D eigenvalue weighted by atomic mass is 79.9. The lowest BCUT2D eigenvalue weighted by Crippen LogP contribution is -2.27. The Balaban J connectivity index is 0.00000304. The fourth-order valence-electron chi connectivity index (χ4n) is 4.68. The maximum absolute atomic E-state index is 13.4. The summed E-state index contributed by atoms with van der Waals surface area (Å²) in [6.07, 6.45) is 2.10. The van der Waals surface area contributed by atoms with Crippen LogP contribution in [-0.4, -0.2) is 19.5 Å². The minimum atomic E-state index is -0.0107. The Labute approximate surface area is 229 Å². The first-order valence-corrected chi connectivity index (χ1v) is 12.6. The minimum Gasteiger partial charge on any atom is -0.346 e. The van der Waals surface area contributed by atoms with Gasteiger partial charge >= 0.3 is 0 Å². The summed E-state index contributed by atoms with van der Waals surface area (Å²) in [5.41, 5.74) is 5.19. The Bertz CT molecular complexity index is 1600. The first-order chi connectivity index (χ1) is 16.7. The van der Waals surface area contributed by atoms with Gasteiger partial charge in [-0.1, -0.05) is 63.2 Å². The first kappa shape index (κ1) is 26.2. The van der Waals surface area contributed by atoms with Crippen LogP contribution in [-0.2, 0) is 19.6 Å². The average Bonchev–Trinajstić information content (AvgIpc) is 3.27. The van der Waals surface area contributed by atoms with Crippen molar-refractivity contribution in [2.45, 2.75) is 40.4 Å². The van der Waals surface area contributed by atoms with Gasteiger partial charge in [-0.2, -0.15) is 0 Å². The molecule has 0 saturated carbocycles. The number of ketones is 1. The highest BCUT2D eigenvalue weighted by Gasteiger charge is 2.18. The van der Waals surface area contributed by atoms with Crippen molar-refractivity contribution in [1.29, 1.82) is 5.41 Å². The van der Waals surface area contributed by atoms with Gasteiger partial charge < -0.3 is 13.7 Å². The van der Waals surface area contributed by atoms with Crippen molar-refractivity contribution in [3.63, 3.8) is 0 Å². The van der Waals surface area contributed by atoms with E-state index in [0.717, 1.165) is 38.5 Å². The molecule has 0 atom stereocenters. The molecule has 0 spiro atoms. The number of nitrogens with one attached hydrogen (secondary N) is 1. The number of nitrogens with zero attached hydrogens (tertiary/aromatic N) is 3. The van der Waals surface area contributed by atoms with Crippen LogP contribution in [0.25, 0.3) is 21.9 Å². The zero-order chi connectivity index (χ0) is 24.7. The molecule has 0 aliphatic rings. The van der Waals surface area contributed by atoms with Gasteiger partial charge in [0.25, 0.3) is 0 Å². The predicted molar refractivity (Wildman–Crippen MR) is 155 cm³/mol. The lowest BCUT2D eigenvalue weighted by atomic mass is 9.97. The number of fused-ring (bicyclic) bond motifs is 2. The maximum Gasteiger partial charge on any atom is 0.203 e. The van der Waals surface area contributed by atoms with Gasteiger partial charge in [-0.15, -0.1) is 17.0 Å². The number of benzene rings is 3. The van der Waals surface area contributed by atoms with E-state index in [9.17, 15) is 4.79 Å². The van der Waals surface area contributed by atoms with E-state index in [2.05, 4.69) is 59.6 Å². The van der Waals surface area contributed by atoms with Gasteiger partial charge in [0.05, 0.1) is 24.1 Å². The van der Waals surface area contributed by atoms with Crippen molar-refractivity contribution >= 4 is 60.6 Å². The number of hydrogen-bond acceptors (Lipinski definition) is 2. The number of halogens is 2. The fraction of sp³-hybridized carbons (Fsp3) is 0.241. The molecule has 2 heterocycles. The zero-order valence-corrected chi connectivity index (χ0v) is 24.0. The Morgan fingerprint density at radius 2 is 1.53 bits per heavy atom. The van der Waals surface area contributed by atoms with Crippen molar-refractivity contribution in [3.05, 3.63) is 100 Å². The van der Waals surface area contributed by atoms with Gasteiger partial charge in [0.15, 0.2) is 5.78 Å². The summed E-state index contributed by atoms with van der Waals surface area (Å²) in [6.45, 7) is 8.24. The van der Waals surface area contributed by atoms with Crippen LogP contribution in [0.3, 0.4) is 0 Å². The molecule has 186 valence electrons. The summed E-state index contributed by atoms with van der Waals surface area (Å²) in [6, 6.07) is 23.9. The normalized spacial score (nSPS) is 11.7. The molecule has 5 nitrogen and oxygen atoms in total. The van der Waals surface area contributed by atoms with Gasteiger partial charge in [0.1, 0.15) is 0 Å². The number of carbonyl (C=O) groups is 1. The molecule has 0 unspecified atom stereocenters. The maximum atomic E-state index is 13.4. The van der Waals surface area contributed by atoms with E-state index in [-0.39, 0.29) is 34.7 Å². The third kappa shape index (κ3) is 5.13. The molecule has 3 aromatic carbocycles. The molecule has 36 heavy (non-hydrogen) atoms. The number of imidazole rings is 1. The number of hydrogen-bond donors (Lipinski definition) is 1. The SMILES string of the molecule is Br.CC(C)(C)Cn1cc(Br)c2cc(C(=O)Cn3c(=N)n(Cc4ccccc4)c4ccccc43)ccc21. The molecule has 0 aliphatic carbocycles. The molecule has 0 amide bonds. The van der Waals surface area contributed by atoms with E-state index in [1.165, 1.54) is 0 Å². The largest absolute Gasteiger partial charge is 0.346 e. The lowest BCUT2D eigenvalue weighted by molar-refractivity contribution is 0.0971. The summed E-state index contributed by atoms with van der Waals surface area (Å²) in [5.74, 6) is -0.0107. The molecule has 5 rings (SSSR count). The van der Waals surface area contributed by atoms with E-state index in [0.29, 0.717) is 17.7 Å². The molecule has 1 N–H and O–H groups in total. The molecule has 0 fully saturated rings. The molecule has 5 aromatic rings. The highest BCUT2D eigenvalue weighted by Crippen LogP contribution is 2.30. The predicted octanol–water partition coefficient (Wildman–Crippen LogP) is 7.19. The van der Waals surface area contributed by atoms with E-state index in [1.54, 1.807) is 0 Å². The third-order valence-electron chi connectivity index (χ3n) is 6.26. The van der Waals surface area contributed by atoms with Crippen molar-refractivity contribution in [3.8, 4) is 0 Å². The van der Waals surface area contributed by atoms with Crippen LogP contribution in [0.1, 0.15) is 36.7 Å². The Hall–Kier alpha value is -2.90. The topological polar surface area (TPSA) is 55.7 Å². The van der Waals surface area contributed by atoms with Gasteiger partial charge in [-0.25, -0.2) is 0 Å². The van der Waals surface area contributed by atoms with Crippen molar-refractivity contribution in [2.24, 2.45) is 5.41 Å². The molecular formula is C29H30Br2N4O. The fourth-order valence-corrected chi connectivity index (χ4v) is 5.25. The Morgan fingerprint density at radius 3 is 2.19 bits per heavy atom. The highest BCUT2D eigenvalue weighted by molar-refractivity contribution is 9.10. The number of rotatable bonds is 6. The van der Waals surface area contributed by atoms with Crippen LogP contribution >= 0.6 is 32.9 Å². The average molecular weight is 610 g/mol. The van der Waals surface area contributed by atoms with Crippen LogP contribution in [0, 0.1) is 10.8 Å². The molecule has 2 aromatic heterocycles. The minimum absolute atomic E-state index is 0. The Kier molecular flexibility index (Phi) is 7.43. The van der Waals surface area contributed by atoms with Crippen molar-refractivity contribution in [2.75, 3.05) is 0 Å². The van der Waals surface area contributed by atoms with Gasteiger partial charge in [-0.3, -0.25) is 10.2 Å². The Morgan fingerprint density at radius 1 is 0.889 bits per heavy atom. The number of Topliss-reactive ketones (excluding diaryl/α,β-unsaturated/α-hetero) is 1. The van der Waals surface area contributed by atoms with Gasteiger partial charge in [0.2, 0.25) is 5.62 Å². The van der Waals surface area contributed by atoms with Crippen molar-refractivity contribution in [1.82, 2.24) is 13.7 Å². The second-order valence-corrected chi connectivity index (χ2v) is 11.1. The lowest BCUT2D eigenvalue weighted by Gasteiger charge is -2.19. The summed E-state index contributed by atoms with van der Waals surface area (Å²) in [5, 5.41) is 9.93. The third-order valence-corrected chi connectivity index (χ3v) is 6.89. The second kappa shape index (κ2) is 10.2. The van der Waals surface area contributed by atoms with Crippen LogP contribution < -0.4 is 5.62 Å². The monoisotopic (exact) mass is 608 g/mol. The van der Waals surface area contributed by atoms with E-state index in [1.807, 2.05) is 69.8 Å². The summed E-state index contributed by atoms with van der Waals surface area (Å²) >= 11 is 3.68. The molecule has 0 aliphatic heterocycles. The van der Waals surface area contributed by atoms with Crippen LogP contribution in [0.15, 0.2) is 83.5 Å². The number of para-hydroxylation sites is 2. The summed E-state index contributed by atoms with van der Waals surface area (Å²) in [4.78, 5) is 13.4. The second-order valence-electron chi connectivity index (χ2n) is 10.3. The van der Waals surface area contributed by atoms with E-state index >= 15 is 0 Å². The smallest absolute Gasteiger partial charge is 0.203 e. The van der Waals surface area contributed by atoms with Crippen LogP contribution in [0.5, 0.6) is 0 Å². The standard InChI is InChI=1S/C29H29BrN4O.BrH/c1-29(2,3)19-32-17-23(30)22-15-21(13-14-24(22)32)27(35)18-34-26-12-8-7-11-25(26)33(28(34)31)16-20-9-5-4-6-10-20;/h4-15,17,31H,16,18-19H2,1-3H3;1H. The van der Waals surface area contributed by atoms with Crippen molar-refractivity contribution < 1.29 is 4.79 Å². The quantitative estimate of drug-likeness (QED) is 0.203. The molecule has 0 saturated heterocycles. The first-order valence-electron chi connectivity index (χ1n) is 11.8. The van der Waals surface area contributed by atoms with Gasteiger partial charge in [-0.05, 0) is 57.2 Å². The summed E-state index contributed by atoms with van der Waals surface area (Å²) in [7, 11) is 0. The van der Waals surface area contributed by atoms with Gasteiger partial charge in [0, 0.05) is 33.7 Å². The van der Waals surface area contributed by atoms with E-state index < -0.39 is 0 Å². The number of carbonyl (C=O) groups excluding carboxylic acids is 1. The molecule has 0 radical (unpaired) electrons. The van der Waals surface area contributed by atoms with Crippen LogP contribution in [0.4, 0.5) is 0 Å². The molecule has 7 heteroatoms. The van der Waals surface area contributed by atoms with E-state index in [4.69, 9.17) is 5.41 Å². The number of aromatic nitrogens is 3.